The predicted molar refractivity (Wildman–Crippen MR) is 99.9 cm³/mol. The Labute approximate surface area is 150 Å². The Bertz CT molecular complexity index is 539. The Morgan fingerprint density at radius 2 is 1.80 bits per heavy atom. The first-order valence-corrected chi connectivity index (χ1v) is 9.25. The minimum absolute atomic E-state index is 0.577. The molecule has 2 saturated heterocycles. The lowest BCUT2D eigenvalue weighted by molar-refractivity contribution is -0.0138. The maximum Gasteiger partial charge on any atom is 0.124 e. The van der Waals surface area contributed by atoms with E-state index in [1.807, 2.05) is 6.07 Å². The maximum absolute atomic E-state index is 10.8. The van der Waals surface area contributed by atoms with Gasteiger partial charge < -0.3 is 24.8 Å². The molecule has 2 heterocycles. The molecule has 1 atom stereocenters. The molecule has 140 valence electrons. The molecule has 0 aromatic heterocycles. The number of benzene rings is 1. The van der Waals surface area contributed by atoms with Crippen LogP contribution in [0.3, 0.4) is 0 Å². The van der Waals surface area contributed by atoms with Crippen LogP contribution in [0.2, 0.25) is 0 Å². The van der Waals surface area contributed by atoms with Gasteiger partial charge in [0.2, 0.25) is 0 Å². The molecule has 2 aliphatic heterocycles. The molecule has 2 N–H and O–H groups in total. The third-order valence-corrected chi connectivity index (χ3v) is 5.26. The summed E-state index contributed by atoms with van der Waals surface area (Å²) < 4.78 is 10.8. The van der Waals surface area contributed by atoms with E-state index in [0.717, 1.165) is 75.7 Å². The van der Waals surface area contributed by atoms with Crippen LogP contribution in [0.25, 0.3) is 0 Å². The predicted octanol–water partition coefficient (Wildman–Crippen LogP) is 1.33. The van der Waals surface area contributed by atoms with Crippen molar-refractivity contribution >= 4 is 5.69 Å². The van der Waals surface area contributed by atoms with Gasteiger partial charge in [0.05, 0.1) is 19.8 Å². The molecule has 0 aliphatic carbocycles. The van der Waals surface area contributed by atoms with Crippen molar-refractivity contribution in [2.45, 2.75) is 24.9 Å². The zero-order valence-electron chi connectivity index (χ0n) is 15.5. The number of rotatable bonds is 5. The average molecular weight is 349 g/mol. The molecule has 0 saturated carbocycles. The first kappa shape index (κ1) is 18.3. The van der Waals surface area contributed by atoms with Crippen LogP contribution in [0, 0.1) is 0 Å². The van der Waals surface area contributed by atoms with Gasteiger partial charge in [-0.15, -0.1) is 0 Å². The quantitative estimate of drug-likeness (QED) is 0.836. The van der Waals surface area contributed by atoms with Crippen LogP contribution in [0.1, 0.15) is 19.3 Å². The van der Waals surface area contributed by atoms with Crippen molar-refractivity contribution in [1.29, 1.82) is 0 Å². The molecule has 2 aliphatic rings. The molecule has 3 rings (SSSR count). The minimum Gasteiger partial charge on any atom is -0.497 e. The normalized spacial score (nSPS) is 25.5. The van der Waals surface area contributed by atoms with Crippen LogP contribution in [0.5, 0.6) is 11.5 Å². The Hall–Kier alpha value is -1.50. The van der Waals surface area contributed by atoms with Gasteiger partial charge in [-0.05, 0) is 25.8 Å². The lowest BCUT2D eigenvalue weighted by atomic mass is 9.93. The highest BCUT2D eigenvalue weighted by Gasteiger charge is 2.31. The number of nitrogens with zero attached hydrogens (tertiary/aromatic N) is 2. The van der Waals surface area contributed by atoms with Gasteiger partial charge in [-0.3, -0.25) is 4.90 Å². The number of hydrogen-bond donors (Lipinski definition) is 2. The monoisotopic (exact) mass is 349 g/mol. The van der Waals surface area contributed by atoms with Gasteiger partial charge in [0.1, 0.15) is 11.5 Å². The molecule has 1 unspecified atom stereocenters. The molecule has 6 nitrogen and oxygen atoms in total. The summed E-state index contributed by atoms with van der Waals surface area (Å²) in [7, 11) is 3.36. The zero-order valence-corrected chi connectivity index (χ0v) is 15.5. The molecule has 1 aromatic carbocycles. The first-order chi connectivity index (χ1) is 12.1. The maximum atomic E-state index is 10.8. The van der Waals surface area contributed by atoms with E-state index in [1.165, 1.54) is 0 Å². The largest absolute Gasteiger partial charge is 0.497 e. The van der Waals surface area contributed by atoms with Crippen LogP contribution in [-0.2, 0) is 0 Å². The fraction of sp³-hybridized carbons (Fsp3) is 0.684. The van der Waals surface area contributed by atoms with Crippen molar-refractivity contribution in [3.05, 3.63) is 18.2 Å². The van der Waals surface area contributed by atoms with Gasteiger partial charge in [-0.2, -0.15) is 0 Å². The highest BCUT2D eigenvalue weighted by Crippen LogP contribution is 2.29. The fourth-order valence-electron chi connectivity index (χ4n) is 3.87. The van der Waals surface area contributed by atoms with Crippen molar-refractivity contribution in [2.75, 3.05) is 64.9 Å². The van der Waals surface area contributed by atoms with E-state index in [-0.39, 0.29) is 0 Å². The molecule has 2 fully saturated rings. The SMILES string of the molecule is COc1cc(OC)cc(N2CCCN(CC3(O)CCCNC3)CC2)c1. The topological polar surface area (TPSA) is 57.2 Å². The Morgan fingerprint density at radius 1 is 1.04 bits per heavy atom. The van der Waals surface area contributed by atoms with Crippen molar-refractivity contribution < 1.29 is 14.6 Å². The number of piperidine rings is 1. The number of nitrogens with one attached hydrogen (secondary N) is 1. The van der Waals surface area contributed by atoms with E-state index in [4.69, 9.17) is 9.47 Å². The summed E-state index contributed by atoms with van der Waals surface area (Å²) in [4.78, 5) is 4.79. The summed E-state index contributed by atoms with van der Waals surface area (Å²) in [5.41, 5.74) is 0.558. The van der Waals surface area contributed by atoms with Gasteiger partial charge in [0.25, 0.3) is 0 Å². The van der Waals surface area contributed by atoms with Gasteiger partial charge in [0, 0.05) is 63.2 Å². The lowest BCUT2D eigenvalue weighted by Gasteiger charge is -2.37. The van der Waals surface area contributed by atoms with Gasteiger partial charge in [0.15, 0.2) is 0 Å². The van der Waals surface area contributed by atoms with Crippen LogP contribution in [0.15, 0.2) is 18.2 Å². The fourth-order valence-corrected chi connectivity index (χ4v) is 3.87. The number of hydrogen-bond acceptors (Lipinski definition) is 6. The Morgan fingerprint density at radius 3 is 2.44 bits per heavy atom. The van der Waals surface area contributed by atoms with Gasteiger partial charge in [-0.1, -0.05) is 0 Å². The third kappa shape index (κ3) is 4.77. The van der Waals surface area contributed by atoms with Crippen LogP contribution in [0.4, 0.5) is 5.69 Å². The number of β-amino-alcohol motifs (C(OH)–C–C–N with tert-alkyl or cyclic N) is 1. The summed E-state index contributed by atoms with van der Waals surface area (Å²) in [6, 6.07) is 6.03. The molecule has 0 radical (unpaired) electrons. The number of ether oxygens (including phenoxy) is 2. The van der Waals surface area contributed by atoms with Crippen molar-refractivity contribution in [2.24, 2.45) is 0 Å². The van der Waals surface area contributed by atoms with E-state index in [2.05, 4.69) is 27.2 Å². The van der Waals surface area contributed by atoms with E-state index in [9.17, 15) is 5.11 Å². The molecule has 25 heavy (non-hydrogen) atoms. The van der Waals surface area contributed by atoms with Crippen molar-refractivity contribution in [3.8, 4) is 11.5 Å². The molecule has 0 bridgehead atoms. The average Bonchev–Trinajstić information content (AvgIpc) is 2.87. The van der Waals surface area contributed by atoms with E-state index < -0.39 is 5.60 Å². The molecule has 0 amide bonds. The first-order valence-electron chi connectivity index (χ1n) is 9.25. The number of methoxy groups -OCH3 is 2. The third-order valence-electron chi connectivity index (χ3n) is 5.26. The van der Waals surface area contributed by atoms with Gasteiger partial charge in [-0.25, -0.2) is 0 Å². The van der Waals surface area contributed by atoms with Crippen LogP contribution >= 0.6 is 0 Å². The Kier molecular flexibility index (Phi) is 6.04. The summed E-state index contributed by atoms with van der Waals surface area (Å²) in [6.45, 7) is 6.43. The number of anilines is 1. The molecule has 0 spiro atoms. The highest BCUT2D eigenvalue weighted by atomic mass is 16.5. The zero-order chi connectivity index (χ0) is 17.7. The molecular formula is C19H31N3O3. The molecule has 1 aromatic rings. The Balaban J connectivity index is 1.63. The number of aliphatic hydroxyl groups is 1. The van der Waals surface area contributed by atoms with E-state index >= 15 is 0 Å². The standard InChI is InChI=1S/C19H31N3O3/c1-24-17-11-16(12-18(13-17)25-2)22-8-4-7-21(9-10-22)15-19(23)5-3-6-20-14-19/h11-13,20,23H,3-10,14-15H2,1-2H3. The van der Waals surface area contributed by atoms with Crippen molar-refractivity contribution in [1.82, 2.24) is 10.2 Å². The second-order valence-corrected chi connectivity index (χ2v) is 7.19. The second kappa shape index (κ2) is 8.25. The summed E-state index contributed by atoms with van der Waals surface area (Å²) in [5.74, 6) is 1.64. The second-order valence-electron chi connectivity index (χ2n) is 7.19. The molecular weight excluding hydrogens is 318 g/mol. The summed E-state index contributed by atoms with van der Waals surface area (Å²) in [5, 5.41) is 14.1. The molecule has 6 heteroatoms. The van der Waals surface area contributed by atoms with Gasteiger partial charge >= 0.3 is 0 Å². The minimum atomic E-state index is -0.577. The van der Waals surface area contributed by atoms with Crippen LogP contribution < -0.4 is 19.7 Å². The van der Waals surface area contributed by atoms with Crippen LogP contribution in [-0.4, -0.2) is 75.6 Å². The highest BCUT2D eigenvalue weighted by molar-refractivity contribution is 5.55. The smallest absolute Gasteiger partial charge is 0.124 e. The lowest BCUT2D eigenvalue weighted by Crippen LogP contribution is -2.53. The summed E-state index contributed by atoms with van der Waals surface area (Å²) in [6.07, 6.45) is 3.04. The van der Waals surface area contributed by atoms with E-state index in [0.29, 0.717) is 6.54 Å². The van der Waals surface area contributed by atoms with Crippen molar-refractivity contribution in [3.63, 3.8) is 0 Å². The van der Waals surface area contributed by atoms with E-state index in [1.54, 1.807) is 14.2 Å². The summed E-state index contributed by atoms with van der Waals surface area (Å²) >= 11 is 0.